The highest BCUT2D eigenvalue weighted by atomic mass is 32.2. The minimum absolute atomic E-state index is 0.171. The van der Waals surface area contributed by atoms with Gasteiger partial charge in [-0.05, 0) is 43.7 Å². The van der Waals surface area contributed by atoms with Crippen molar-refractivity contribution < 1.29 is 22.1 Å². The van der Waals surface area contributed by atoms with E-state index >= 15 is 0 Å². The SMILES string of the molecule is Cc1ccc(S(=O)(=O)O[C@@H]2[C@H]3CCC4(OCCO4)[C@H]3C[C@H]2C)cc1. The molecule has 3 fully saturated rings. The molecule has 0 bridgehead atoms. The van der Waals surface area contributed by atoms with E-state index in [9.17, 15) is 8.42 Å². The van der Waals surface area contributed by atoms with Gasteiger partial charge in [-0.25, -0.2) is 0 Å². The largest absolute Gasteiger partial charge is 0.347 e. The first-order valence-electron chi connectivity index (χ1n) is 8.69. The van der Waals surface area contributed by atoms with Crippen LogP contribution >= 0.6 is 0 Å². The first-order chi connectivity index (χ1) is 11.4. The maximum atomic E-state index is 12.7. The molecule has 0 aromatic heterocycles. The van der Waals surface area contributed by atoms with Crippen molar-refractivity contribution in [3.8, 4) is 0 Å². The summed E-state index contributed by atoms with van der Waals surface area (Å²) in [5, 5.41) is 0. The van der Waals surface area contributed by atoms with E-state index in [-0.39, 0.29) is 28.8 Å². The summed E-state index contributed by atoms with van der Waals surface area (Å²) in [6.45, 7) is 5.26. The van der Waals surface area contributed by atoms with Crippen LogP contribution in [0.1, 0.15) is 31.7 Å². The van der Waals surface area contributed by atoms with Crippen molar-refractivity contribution in [1.82, 2.24) is 0 Å². The first-order valence-corrected chi connectivity index (χ1v) is 10.1. The molecular formula is C18H24O5S. The second kappa shape index (κ2) is 5.80. The molecule has 1 spiro atoms. The molecular weight excluding hydrogens is 328 g/mol. The van der Waals surface area contributed by atoms with Gasteiger partial charge in [0.1, 0.15) is 0 Å². The van der Waals surface area contributed by atoms with Crippen LogP contribution in [-0.4, -0.2) is 33.5 Å². The van der Waals surface area contributed by atoms with E-state index in [0.29, 0.717) is 13.2 Å². The van der Waals surface area contributed by atoms with Crippen molar-refractivity contribution in [3.63, 3.8) is 0 Å². The Labute approximate surface area is 143 Å². The van der Waals surface area contributed by atoms with Gasteiger partial charge >= 0.3 is 0 Å². The number of rotatable bonds is 3. The number of ether oxygens (including phenoxy) is 2. The lowest BCUT2D eigenvalue weighted by molar-refractivity contribution is -0.184. The predicted octanol–water partition coefficient (Wildman–Crippen LogP) is 2.88. The van der Waals surface area contributed by atoms with Gasteiger partial charge in [0, 0.05) is 12.3 Å². The molecule has 132 valence electrons. The van der Waals surface area contributed by atoms with Crippen molar-refractivity contribution in [1.29, 1.82) is 0 Å². The molecule has 1 heterocycles. The average molecular weight is 352 g/mol. The van der Waals surface area contributed by atoms with Gasteiger partial charge in [0.05, 0.1) is 24.2 Å². The molecule has 2 aliphatic carbocycles. The van der Waals surface area contributed by atoms with Crippen LogP contribution in [0.5, 0.6) is 0 Å². The summed E-state index contributed by atoms with van der Waals surface area (Å²) in [4.78, 5) is 0.227. The zero-order chi connectivity index (χ0) is 16.9. The van der Waals surface area contributed by atoms with Gasteiger partial charge in [-0.3, -0.25) is 4.18 Å². The van der Waals surface area contributed by atoms with Crippen LogP contribution in [0.2, 0.25) is 0 Å². The summed E-state index contributed by atoms with van der Waals surface area (Å²) in [5.74, 6) is 0.0849. The number of fused-ring (bicyclic) bond motifs is 2. The van der Waals surface area contributed by atoms with Gasteiger partial charge < -0.3 is 9.47 Å². The maximum absolute atomic E-state index is 12.7. The molecule has 1 aromatic rings. The van der Waals surface area contributed by atoms with Gasteiger partial charge in [0.15, 0.2) is 5.79 Å². The maximum Gasteiger partial charge on any atom is 0.297 e. The topological polar surface area (TPSA) is 61.8 Å². The summed E-state index contributed by atoms with van der Waals surface area (Å²) in [6.07, 6.45) is 2.31. The molecule has 0 unspecified atom stereocenters. The van der Waals surface area contributed by atoms with Gasteiger partial charge in [0.25, 0.3) is 10.1 Å². The predicted molar refractivity (Wildman–Crippen MR) is 87.9 cm³/mol. The van der Waals surface area contributed by atoms with E-state index in [0.717, 1.165) is 24.8 Å². The fourth-order valence-electron chi connectivity index (χ4n) is 4.69. The summed E-state index contributed by atoms with van der Waals surface area (Å²) in [6, 6.07) is 6.81. The molecule has 0 amide bonds. The third kappa shape index (κ3) is 2.60. The van der Waals surface area contributed by atoms with Gasteiger partial charge in [-0.15, -0.1) is 0 Å². The molecule has 4 rings (SSSR count). The number of hydrogen-bond donors (Lipinski definition) is 0. The second-order valence-electron chi connectivity index (χ2n) is 7.36. The summed E-state index contributed by atoms with van der Waals surface area (Å²) in [7, 11) is -3.75. The Kier molecular flexibility index (Phi) is 3.99. The standard InChI is InChI=1S/C18H24O5S/c1-12-3-5-14(6-4-12)24(19,20)23-17-13(2)11-16-15(17)7-8-18(16)21-9-10-22-18/h3-6,13,15-17H,7-11H2,1-2H3/t13-,15+,16+,17+/m1/s1. The van der Waals surface area contributed by atoms with E-state index < -0.39 is 15.9 Å². The Morgan fingerprint density at radius 3 is 2.50 bits per heavy atom. The Balaban J connectivity index is 1.55. The van der Waals surface area contributed by atoms with Crippen LogP contribution in [0, 0.1) is 24.7 Å². The zero-order valence-corrected chi connectivity index (χ0v) is 14.9. The monoisotopic (exact) mass is 352 g/mol. The molecule has 1 aliphatic heterocycles. The van der Waals surface area contributed by atoms with E-state index in [2.05, 4.69) is 6.92 Å². The Bertz CT molecular complexity index is 705. The average Bonchev–Trinajstić information content (AvgIpc) is 3.22. The Morgan fingerprint density at radius 2 is 1.83 bits per heavy atom. The second-order valence-corrected chi connectivity index (χ2v) is 8.93. The fourth-order valence-corrected chi connectivity index (χ4v) is 5.89. The summed E-state index contributed by atoms with van der Waals surface area (Å²) in [5.41, 5.74) is 1.02. The Morgan fingerprint density at radius 1 is 1.17 bits per heavy atom. The molecule has 0 N–H and O–H groups in total. The van der Waals surface area contributed by atoms with Gasteiger partial charge in [-0.1, -0.05) is 24.6 Å². The molecule has 1 saturated heterocycles. The van der Waals surface area contributed by atoms with Crippen molar-refractivity contribution >= 4 is 10.1 Å². The molecule has 0 radical (unpaired) electrons. The van der Waals surface area contributed by atoms with Crippen LogP contribution in [-0.2, 0) is 23.8 Å². The number of hydrogen-bond acceptors (Lipinski definition) is 5. The molecule has 6 heteroatoms. The lowest BCUT2D eigenvalue weighted by Gasteiger charge is -2.28. The smallest absolute Gasteiger partial charge is 0.297 e. The normalized spacial score (nSPS) is 34.8. The van der Waals surface area contributed by atoms with Crippen LogP contribution in [0.3, 0.4) is 0 Å². The molecule has 4 atom stereocenters. The fraction of sp³-hybridized carbons (Fsp3) is 0.667. The van der Waals surface area contributed by atoms with Crippen molar-refractivity contribution in [2.75, 3.05) is 13.2 Å². The van der Waals surface area contributed by atoms with Crippen molar-refractivity contribution in [2.24, 2.45) is 17.8 Å². The molecule has 5 nitrogen and oxygen atoms in total. The quantitative estimate of drug-likeness (QED) is 0.783. The van der Waals surface area contributed by atoms with Crippen LogP contribution in [0.15, 0.2) is 29.2 Å². The van der Waals surface area contributed by atoms with Crippen LogP contribution in [0.25, 0.3) is 0 Å². The van der Waals surface area contributed by atoms with Crippen LogP contribution in [0.4, 0.5) is 0 Å². The van der Waals surface area contributed by atoms with Crippen molar-refractivity contribution in [2.45, 2.75) is 49.9 Å². The van der Waals surface area contributed by atoms with E-state index in [4.69, 9.17) is 13.7 Å². The molecule has 2 saturated carbocycles. The number of aryl methyl sites for hydroxylation is 1. The Hall–Kier alpha value is -0.950. The zero-order valence-electron chi connectivity index (χ0n) is 14.1. The summed E-state index contributed by atoms with van der Waals surface area (Å²) < 4.78 is 42.9. The minimum atomic E-state index is -3.75. The third-order valence-electron chi connectivity index (χ3n) is 5.84. The summed E-state index contributed by atoms with van der Waals surface area (Å²) >= 11 is 0. The van der Waals surface area contributed by atoms with Gasteiger partial charge in [0.2, 0.25) is 0 Å². The third-order valence-corrected chi connectivity index (χ3v) is 7.17. The molecule has 1 aromatic carbocycles. The lowest BCUT2D eigenvalue weighted by atomic mass is 9.96. The lowest BCUT2D eigenvalue weighted by Crippen LogP contribution is -2.35. The minimum Gasteiger partial charge on any atom is -0.347 e. The van der Waals surface area contributed by atoms with E-state index in [1.807, 2.05) is 6.92 Å². The number of benzene rings is 1. The molecule has 3 aliphatic rings. The van der Waals surface area contributed by atoms with E-state index in [1.165, 1.54) is 0 Å². The first kappa shape index (κ1) is 16.5. The van der Waals surface area contributed by atoms with E-state index in [1.54, 1.807) is 24.3 Å². The molecule has 24 heavy (non-hydrogen) atoms. The highest BCUT2D eigenvalue weighted by Crippen LogP contribution is 2.56. The highest BCUT2D eigenvalue weighted by molar-refractivity contribution is 7.86. The van der Waals surface area contributed by atoms with Crippen LogP contribution < -0.4 is 0 Å². The van der Waals surface area contributed by atoms with Gasteiger partial charge in [-0.2, -0.15) is 8.42 Å². The highest BCUT2D eigenvalue weighted by Gasteiger charge is 2.60. The van der Waals surface area contributed by atoms with Crippen molar-refractivity contribution in [3.05, 3.63) is 29.8 Å².